The molecule has 1 aromatic rings. The van der Waals surface area contributed by atoms with Gasteiger partial charge in [0.2, 0.25) is 0 Å². The van der Waals surface area contributed by atoms with E-state index in [9.17, 15) is 12.8 Å². The van der Waals surface area contributed by atoms with Gasteiger partial charge in [-0.1, -0.05) is 0 Å². The van der Waals surface area contributed by atoms with E-state index in [0.29, 0.717) is 12.2 Å². The highest BCUT2D eigenvalue weighted by atomic mass is 32.2. The van der Waals surface area contributed by atoms with Gasteiger partial charge < -0.3 is 10.5 Å². The minimum Gasteiger partial charge on any atom is -0.492 e. The van der Waals surface area contributed by atoms with Crippen LogP contribution in [0.4, 0.5) is 4.39 Å². The quantitative estimate of drug-likeness (QED) is 0.887. The maximum atomic E-state index is 12.7. The largest absolute Gasteiger partial charge is 0.492 e. The number of hydrogen-bond donors (Lipinski definition) is 1. The Labute approximate surface area is 106 Å². The van der Waals surface area contributed by atoms with Crippen LogP contribution in [0.5, 0.6) is 5.75 Å². The summed E-state index contributed by atoms with van der Waals surface area (Å²) in [6, 6.07) is 5.34. The van der Waals surface area contributed by atoms with Gasteiger partial charge in [0.05, 0.1) is 11.5 Å². The van der Waals surface area contributed by atoms with E-state index in [0.717, 1.165) is 0 Å². The van der Waals surface area contributed by atoms with Crippen molar-refractivity contribution in [3.63, 3.8) is 0 Å². The summed E-state index contributed by atoms with van der Waals surface area (Å²) in [5.41, 5.74) is 5.91. The zero-order valence-electron chi connectivity index (χ0n) is 9.88. The summed E-state index contributed by atoms with van der Waals surface area (Å²) in [5.74, 6) is 0.514. The first kappa shape index (κ1) is 13.3. The van der Waals surface area contributed by atoms with Gasteiger partial charge >= 0.3 is 0 Å². The summed E-state index contributed by atoms with van der Waals surface area (Å²) in [6.07, 6.45) is 0.594. The van der Waals surface area contributed by atoms with E-state index in [4.69, 9.17) is 10.5 Å². The van der Waals surface area contributed by atoms with Gasteiger partial charge in [-0.2, -0.15) is 0 Å². The topological polar surface area (TPSA) is 69.4 Å². The van der Waals surface area contributed by atoms with E-state index < -0.39 is 9.84 Å². The van der Waals surface area contributed by atoms with Gasteiger partial charge in [0.1, 0.15) is 18.2 Å². The lowest BCUT2D eigenvalue weighted by molar-refractivity contribution is 0.254. The molecule has 1 aliphatic rings. The molecule has 1 heterocycles. The Morgan fingerprint density at radius 3 is 2.61 bits per heavy atom. The smallest absolute Gasteiger partial charge is 0.150 e. The van der Waals surface area contributed by atoms with Crippen molar-refractivity contribution in [2.75, 3.05) is 18.1 Å². The van der Waals surface area contributed by atoms with E-state index in [-0.39, 0.29) is 35.9 Å². The van der Waals surface area contributed by atoms with Crippen LogP contribution in [0.1, 0.15) is 6.42 Å². The second-order valence-electron chi connectivity index (χ2n) is 4.59. The van der Waals surface area contributed by atoms with Gasteiger partial charge in [-0.15, -0.1) is 0 Å². The predicted molar refractivity (Wildman–Crippen MR) is 66.6 cm³/mol. The van der Waals surface area contributed by atoms with Crippen LogP contribution in [0.2, 0.25) is 0 Å². The molecule has 1 fully saturated rings. The number of halogens is 1. The third-order valence-electron chi connectivity index (χ3n) is 3.13. The Kier molecular flexibility index (Phi) is 3.87. The fraction of sp³-hybridized carbons (Fsp3) is 0.500. The van der Waals surface area contributed by atoms with E-state index >= 15 is 0 Å². The molecule has 0 aliphatic carbocycles. The van der Waals surface area contributed by atoms with E-state index in [1.807, 2.05) is 0 Å². The molecule has 1 aliphatic heterocycles. The minimum absolute atomic E-state index is 0.0459. The van der Waals surface area contributed by atoms with Crippen LogP contribution in [-0.2, 0) is 9.84 Å². The molecule has 0 saturated carbocycles. The molecular weight excluding hydrogens is 257 g/mol. The summed E-state index contributed by atoms with van der Waals surface area (Å²) in [5, 5.41) is 0. The van der Waals surface area contributed by atoms with Gasteiger partial charge in [0.25, 0.3) is 0 Å². The van der Waals surface area contributed by atoms with E-state index in [2.05, 4.69) is 0 Å². The standard InChI is InChI=1S/C12H16FNO3S/c13-10-1-3-11(4-2-10)17-7-12(14)9-5-6-18(15,16)8-9/h1-4,9,12H,5-8,14H2. The Morgan fingerprint density at radius 2 is 2.06 bits per heavy atom. The van der Waals surface area contributed by atoms with Crippen LogP contribution in [0.3, 0.4) is 0 Å². The van der Waals surface area contributed by atoms with Gasteiger partial charge in [-0.3, -0.25) is 0 Å². The fourth-order valence-corrected chi connectivity index (χ4v) is 3.92. The predicted octanol–water partition coefficient (Wildman–Crippen LogP) is 0.967. The second kappa shape index (κ2) is 5.24. The highest BCUT2D eigenvalue weighted by molar-refractivity contribution is 7.91. The van der Waals surface area contributed by atoms with Crippen LogP contribution in [0, 0.1) is 11.7 Å². The molecule has 4 nitrogen and oxygen atoms in total. The maximum absolute atomic E-state index is 12.7. The van der Waals surface area contributed by atoms with Crippen molar-refractivity contribution >= 4 is 9.84 Å². The van der Waals surface area contributed by atoms with Gasteiger partial charge in [-0.05, 0) is 36.6 Å². The average Bonchev–Trinajstić information content (AvgIpc) is 2.69. The Bertz CT molecular complexity index is 501. The van der Waals surface area contributed by atoms with Crippen LogP contribution < -0.4 is 10.5 Å². The number of nitrogens with two attached hydrogens (primary N) is 1. The van der Waals surface area contributed by atoms with Gasteiger partial charge in [-0.25, -0.2) is 12.8 Å². The number of sulfone groups is 1. The molecule has 18 heavy (non-hydrogen) atoms. The molecular formula is C12H16FNO3S. The first-order valence-corrected chi connectivity index (χ1v) is 7.63. The van der Waals surface area contributed by atoms with Crippen molar-refractivity contribution in [2.24, 2.45) is 11.7 Å². The first-order valence-electron chi connectivity index (χ1n) is 5.81. The monoisotopic (exact) mass is 273 g/mol. The van der Waals surface area contributed by atoms with Crippen LogP contribution in [0.15, 0.2) is 24.3 Å². The summed E-state index contributed by atoms with van der Waals surface area (Å²) in [4.78, 5) is 0. The number of ether oxygens (including phenoxy) is 1. The summed E-state index contributed by atoms with van der Waals surface area (Å²) in [6.45, 7) is 0.242. The maximum Gasteiger partial charge on any atom is 0.150 e. The Balaban J connectivity index is 1.85. The lowest BCUT2D eigenvalue weighted by Gasteiger charge is -2.18. The molecule has 2 N–H and O–H groups in total. The zero-order chi connectivity index (χ0) is 13.2. The molecule has 1 saturated heterocycles. The summed E-state index contributed by atoms with van der Waals surface area (Å²) >= 11 is 0. The minimum atomic E-state index is -2.91. The lowest BCUT2D eigenvalue weighted by atomic mass is 10.0. The fourth-order valence-electron chi connectivity index (χ4n) is 2.02. The normalized spacial score (nSPS) is 23.8. The number of benzene rings is 1. The highest BCUT2D eigenvalue weighted by Gasteiger charge is 2.32. The molecule has 0 bridgehead atoms. The number of rotatable bonds is 4. The van der Waals surface area contributed by atoms with Crippen molar-refractivity contribution in [3.05, 3.63) is 30.1 Å². The van der Waals surface area contributed by atoms with Gasteiger partial charge in [0.15, 0.2) is 9.84 Å². The summed E-state index contributed by atoms with van der Waals surface area (Å²) < 4.78 is 40.7. The SMILES string of the molecule is NC(COc1ccc(F)cc1)C1CCS(=O)(=O)C1. The van der Waals surface area contributed by atoms with Crippen molar-refractivity contribution in [3.8, 4) is 5.75 Å². The molecule has 1 aromatic carbocycles. The lowest BCUT2D eigenvalue weighted by Crippen LogP contribution is -2.36. The molecule has 2 rings (SSSR count). The van der Waals surface area contributed by atoms with Crippen molar-refractivity contribution in [2.45, 2.75) is 12.5 Å². The second-order valence-corrected chi connectivity index (χ2v) is 6.82. The molecule has 6 heteroatoms. The molecule has 0 amide bonds. The molecule has 0 aromatic heterocycles. The van der Waals surface area contributed by atoms with Crippen molar-refractivity contribution < 1.29 is 17.5 Å². The van der Waals surface area contributed by atoms with E-state index in [1.54, 1.807) is 0 Å². The molecule has 100 valence electrons. The molecule has 2 atom stereocenters. The Hall–Kier alpha value is -1.14. The average molecular weight is 273 g/mol. The molecule has 2 unspecified atom stereocenters. The van der Waals surface area contributed by atoms with Crippen LogP contribution in [-0.4, -0.2) is 32.6 Å². The highest BCUT2D eigenvalue weighted by Crippen LogP contribution is 2.21. The van der Waals surface area contributed by atoms with Crippen LogP contribution in [0.25, 0.3) is 0 Å². The third kappa shape index (κ3) is 3.43. The van der Waals surface area contributed by atoms with Crippen molar-refractivity contribution in [1.29, 1.82) is 0 Å². The number of hydrogen-bond acceptors (Lipinski definition) is 4. The Morgan fingerprint density at radius 1 is 1.39 bits per heavy atom. The zero-order valence-corrected chi connectivity index (χ0v) is 10.7. The molecule has 0 radical (unpaired) electrons. The van der Waals surface area contributed by atoms with Gasteiger partial charge in [0, 0.05) is 6.04 Å². The summed E-state index contributed by atoms with van der Waals surface area (Å²) in [7, 11) is -2.91. The third-order valence-corrected chi connectivity index (χ3v) is 4.92. The molecule has 0 spiro atoms. The first-order chi connectivity index (χ1) is 8.46. The van der Waals surface area contributed by atoms with Crippen LogP contribution >= 0.6 is 0 Å². The van der Waals surface area contributed by atoms with E-state index in [1.165, 1.54) is 24.3 Å². The van der Waals surface area contributed by atoms with Crippen molar-refractivity contribution in [1.82, 2.24) is 0 Å².